The van der Waals surface area contributed by atoms with E-state index in [2.05, 4.69) is 0 Å². The minimum absolute atomic E-state index is 0.190. The molecule has 0 saturated heterocycles. The second-order valence-electron chi connectivity index (χ2n) is 6.30. The number of nitriles is 1. The van der Waals surface area contributed by atoms with E-state index in [1.807, 2.05) is 6.07 Å². The molecule has 1 N–H and O–H groups in total. The van der Waals surface area contributed by atoms with Crippen LogP contribution in [0.15, 0.2) is 47.4 Å². The molecule has 5 heteroatoms. The largest absolute Gasteiger partial charge is 0.390 e. The number of carbonyl (C=O) groups excluding carboxylic acids is 1. The third kappa shape index (κ3) is 2.19. The minimum atomic E-state index is -1.07. The lowest BCUT2D eigenvalue weighted by molar-refractivity contribution is 0.0134. The third-order valence-electron chi connectivity index (χ3n) is 4.52. The molecule has 0 amide bonds. The maximum Gasteiger partial charge on any atom is 0.251 e. The molecule has 0 bridgehead atoms. The Morgan fingerprint density at radius 1 is 1.22 bits per heavy atom. The van der Waals surface area contributed by atoms with Crippen LogP contribution in [0.3, 0.4) is 0 Å². The lowest BCUT2D eigenvalue weighted by atomic mass is 9.68. The van der Waals surface area contributed by atoms with Crippen LogP contribution in [0.25, 0.3) is 0 Å². The maximum atomic E-state index is 12.7. The number of aliphatic hydroxyl groups is 1. The number of carbonyl (C=O) groups is 1. The van der Waals surface area contributed by atoms with Crippen LogP contribution in [-0.2, 0) is 0 Å². The van der Waals surface area contributed by atoms with Crippen LogP contribution >= 0.6 is 0 Å². The maximum absolute atomic E-state index is 12.7. The van der Waals surface area contributed by atoms with E-state index in [1.54, 1.807) is 50.4 Å². The first-order valence-corrected chi connectivity index (χ1v) is 7.32. The second-order valence-corrected chi connectivity index (χ2v) is 6.30. The van der Waals surface area contributed by atoms with Gasteiger partial charge in [0, 0.05) is 17.8 Å². The Kier molecular flexibility index (Phi) is 3.42. The highest BCUT2D eigenvalue weighted by atomic mass is 16.3. The monoisotopic (exact) mass is 308 g/mol. The summed E-state index contributed by atoms with van der Waals surface area (Å²) in [6, 6.07) is 10.8. The summed E-state index contributed by atoms with van der Waals surface area (Å²) < 4.78 is 1.42. The average Bonchev–Trinajstić information content (AvgIpc) is 2.54. The van der Waals surface area contributed by atoms with Crippen LogP contribution in [0, 0.1) is 16.7 Å². The first kappa shape index (κ1) is 15.2. The van der Waals surface area contributed by atoms with E-state index in [-0.39, 0.29) is 11.3 Å². The minimum Gasteiger partial charge on any atom is -0.390 e. The SMILES string of the molecule is CC1(C)C(=O)c2ccc(C#N)cc2C(n2ccccc2=O)C1O. The smallest absolute Gasteiger partial charge is 0.251 e. The van der Waals surface area contributed by atoms with Gasteiger partial charge in [-0.15, -0.1) is 0 Å². The Morgan fingerprint density at radius 2 is 1.96 bits per heavy atom. The van der Waals surface area contributed by atoms with Crippen molar-refractivity contribution < 1.29 is 9.90 Å². The highest BCUT2D eigenvalue weighted by Crippen LogP contribution is 2.42. The van der Waals surface area contributed by atoms with Gasteiger partial charge in [0.25, 0.3) is 5.56 Å². The van der Waals surface area contributed by atoms with Gasteiger partial charge in [0.05, 0.1) is 29.2 Å². The van der Waals surface area contributed by atoms with Gasteiger partial charge in [-0.05, 0) is 43.7 Å². The summed E-state index contributed by atoms with van der Waals surface area (Å²) in [5.41, 5.74) is 0.0443. The Hall–Kier alpha value is -2.71. The molecular formula is C18H16N2O3. The Bertz CT molecular complexity index is 890. The van der Waals surface area contributed by atoms with Gasteiger partial charge < -0.3 is 9.67 Å². The molecule has 0 spiro atoms. The number of benzene rings is 1. The number of fused-ring (bicyclic) bond motifs is 1. The fraction of sp³-hybridized carbons (Fsp3) is 0.278. The molecule has 2 unspecified atom stereocenters. The van der Waals surface area contributed by atoms with E-state index in [9.17, 15) is 14.7 Å². The fourth-order valence-electron chi connectivity index (χ4n) is 3.10. The van der Waals surface area contributed by atoms with Crippen LogP contribution in [0.4, 0.5) is 0 Å². The summed E-state index contributed by atoms with van der Waals surface area (Å²) in [7, 11) is 0. The molecule has 3 rings (SSSR count). The standard InChI is InChI=1S/C18H16N2O3/c1-18(2)16(22)12-7-6-11(10-19)9-13(12)15(17(18)23)20-8-4-3-5-14(20)21/h3-9,15,17,23H,1-2H3. The van der Waals surface area contributed by atoms with E-state index >= 15 is 0 Å². The molecule has 116 valence electrons. The molecule has 0 aliphatic heterocycles. The predicted octanol–water partition coefficient (Wildman–Crippen LogP) is 1.89. The van der Waals surface area contributed by atoms with Gasteiger partial charge in [-0.3, -0.25) is 9.59 Å². The topological polar surface area (TPSA) is 83.1 Å². The molecule has 23 heavy (non-hydrogen) atoms. The first-order chi connectivity index (χ1) is 10.9. The molecule has 2 aromatic rings. The van der Waals surface area contributed by atoms with E-state index in [4.69, 9.17) is 5.26 Å². The summed E-state index contributed by atoms with van der Waals surface area (Å²) in [6.07, 6.45) is 0.516. The van der Waals surface area contributed by atoms with Gasteiger partial charge >= 0.3 is 0 Å². The van der Waals surface area contributed by atoms with E-state index in [1.165, 1.54) is 10.6 Å². The van der Waals surface area contributed by atoms with Crippen molar-refractivity contribution in [3.63, 3.8) is 0 Å². The van der Waals surface area contributed by atoms with Gasteiger partial charge in [-0.2, -0.15) is 5.26 Å². The van der Waals surface area contributed by atoms with Gasteiger partial charge in [0.15, 0.2) is 5.78 Å². The van der Waals surface area contributed by atoms with Crippen molar-refractivity contribution in [2.45, 2.75) is 26.0 Å². The summed E-state index contributed by atoms with van der Waals surface area (Å²) >= 11 is 0. The molecule has 5 nitrogen and oxygen atoms in total. The summed E-state index contributed by atoms with van der Waals surface area (Å²) in [5.74, 6) is -0.190. The van der Waals surface area contributed by atoms with Gasteiger partial charge in [0.1, 0.15) is 0 Å². The molecule has 1 heterocycles. The zero-order valence-corrected chi connectivity index (χ0v) is 12.9. The van der Waals surface area contributed by atoms with Crippen molar-refractivity contribution in [2.75, 3.05) is 0 Å². The number of nitrogens with zero attached hydrogens (tertiary/aromatic N) is 2. The van der Waals surface area contributed by atoms with E-state index in [0.717, 1.165) is 0 Å². The van der Waals surface area contributed by atoms with E-state index < -0.39 is 17.6 Å². The Labute approximate surface area is 133 Å². The number of pyridine rings is 1. The zero-order valence-electron chi connectivity index (χ0n) is 12.9. The highest BCUT2D eigenvalue weighted by Gasteiger charge is 2.48. The van der Waals surface area contributed by atoms with Crippen LogP contribution in [0.5, 0.6) is 0 Å². The van der Waals surface area contributed by atoms with Crippen molar-refractivity contribution in [1.82, 2.24) is 4.57 Å². The van der Waals surface area contributed by atoms with E-state index in [0.29, 0.717) is 16.7 Å². The van der Waals surface area contributed by atoms with Crippen molar-refractivity contribution in [1.29, 1.82) is 5.26 Å². The molecule has 1 aromatic carbocycles. The summed E-state index contributed by atoms with van der Waals surface area (Å²) in [4.78, 5) is 24.9. The first-order valence-electron chi connectivity index (χ1n) is 7.32. The van der Waals surface area contributed by atoms with Gasteiger partial charge in [-0.25, -0.2) is 0 Å². The van der Waals surface area contributed by atoms with Crippen LogP contribution in [0.2, 0.25) is 0 Å². The lowest BCUT2D eigenvalue weighted by Crippen LogP contribution is -2.49. The van der Waals surface area contributed by atoms with Gasteiger partial charge in [-0.1, -0.05) is 6.07 Å². The molecule has 1 aliphatic carbocycles. The number of hydrogen-bond donors (Lipinski definition) is 1. The molecule has 1 aliphatic rings. The Balaban J connectivity index is 2.33. The number of rotatable bonds is 1. The summed E-state index contributed by atoms with van der Waals surface area (Å²) in [6.45, 7) is 3.34. The number of ketones is 1. The second kappa shape index (κ2) is 5.18. The highest BCUT2D eigenvalue weighted by molar-refractivity contribution is 6.03. The van der Waals surface area contributed by atoms with Crippen molar-refractivity contribution in [2.24, 2.45) is 5.41 Å². The number of aromatic nitrogens is 1. The molecular weight excluding hydrogens is 292 g/mol. The van der Waals surface area contributed by atoms with Crippen LogP contribution in [0.1, 0.15) is 41.4 Å². The molecule has 0 fully saturated rings. The Morgan fingerprint density at radius 3 is 2.61 bits per heavy atom. The molecule has 1 aromatic heterocycles. The fourth-order valence-corrected chi connectivity index (χ4v) is 3.10. The van der Waals surface area contributed by atoms with Crippen molar-refractivity contribution in [3.8, 4) is 6.07 Å². The average molecular weight is 308 g/mol. The predicted molar refractivity (Wildman–Crippen MR) is 84.1 cm³/mol. The molecule has 2 atom stereocenters. The third-order valence-corrected chi connectivity index (χ3v) is 4.52. The van der Waals surface area contributed by atoms with Crippen LogP contribution in [-0.4, -0.2) is 21.6 Å². The van der Waals surface area contributed by atoms with Crippen molar-refractivity contribution >= 4 is 5.78 Å². The quantitative estimate of drug-likeness (QED) is 0.872. The van der Waals surface area contributed by atoms with Gasteiger partial charge in [0.2, 0.25) is 0 Å². The zero-order chi connectivity index (χ0) is 16.8. The molecule has 0 radical (unpaired) electrons. The lowest BCUT2D eigenvalue weighted by Gasteiger charge is -2.41. The molecule has 0 saturated carbocycles. The summed E-state index contributed by atoms with van der Waals surface area (Å²) in [5, 5.41) is 19.9. The normalized spacial score (nSPS) is 22.3. The number of hydrogen-bond acceptors (Lipinski definition) is 4. The van der Waals surface area contributed by atoms with Crippen molar-refractivity contribution in [3.05, 3.63) is 69.6 Å². The van der Waals surface area contributed by atoms with Crippen LogP contribution < -0.4 is 5.56 Å². The number of Topliss-reactive ketones (excluding diaryl/α,β-unsaturated/α-hetero) is 1. The number of aliphatic hydroxyl groups excluding tert-OH is 1.